The average molecular weight is 261 g/mol. The number of nitrogens with one attached hydrogen (secondary N) is 1. The normalized spacial score (nSPS) is 19.6. The third-order valence-electron chi connectivity index (χ3n) is 3.58. The SMILES string of the molecule is O=C1CCCCC(CCc2ccccc2C(=O)O)N1. The molecule has 1 heterocycles. The number of carbonyl (C=O) groups is 2. The minimum atomic E-state index is -0.888. The van der Waals surface area contributed by atoms with Crippen molar-refractivity contribution < 1.29 is 14.7 Å². The number of amides is 1. The first-order chi connectivity index (χ1) is 9.16. The maximum Gasteiger partial charge on any atom is 0.335 e. The van der Waals surface area contributed by atoms with Gasteiger partial charge in [0.15, 0.2) is 0 Å². The lowest BCUT2D eigenvalue weighted by Gasteiger charge is -2.16. The van der Waals surface area contributed by atoms with Crippen molar-refractivity contribution in [2.45, 2.75) is 44.6 Å². The second kappa shape index (κ2) is 6.36. The summed E-state index contributed by atoms with van der Waals surface area (Å²) >= 11 is 0. The smallest absolute Gasteiger partial charge is 0.335 e. The van der Waals surface area contributed by atoms with Crippen LogP contribution >= 0.6 is 0 Å². The van der Waals surface area contributed by atoms with Crippen LogP contribution in [0.3, 0.4) is 0 Å². The molecule has 1 aliphatic heterocycles. The summed E-state index contributed by atoms with van der Waals surface area (Å²) in [5.41, 5.74) is 1.20. The molecule has 1 aliphatic rings. The number of carboxylic acid groups (broad SMARTS) is 1. The second-order valence-corrected chi connectivity index (χ2v) is 5.01. The van der Waals surface area contributed by atoms with Gasteiger partial charge in [-0.1, -0.05) is 24.6 Å². The quantitative estimate of drug-likeness (QED) is 0.874. The second-order valence-electron chi connectivity index (χ2n) is 5.01. The molecular formula is C15H19NO3. The number of hydrogen-bond acceptors (Lipinski definition) is 2. The van der Waals surface area contributed by atoms with E-state index in [1.165, 1.54) is 0 Å². The summed E-state index contributed by atoms with van der Waals surface area (Å²) in [6.07, 6.45) is 5.10. The largest absolute Gasteiger partial charge is 0.478 e. The maximum atomic E-state index is 11.5. The fraction of sp³-hybridized carbons (Fsp3) is 0.467. The standard InChI is InChI=1S/C15H19NO3/c17-14-8-4-2-6-12(16-14)10-9-11-5-1-3-7-13(11)15(18)19/h1,3,5,7,12H,2,4,6,8-10H2,(H,16,17)(H,18,19). The highest BCUT2D eigenvalue weighted by molar-refractivity contribution is 5.89. The Bertz CT molecular complexity index is 470. The van der Waals surface area contributed by atoms with Gasteiger partial charge in [-0.05, 0) is 37.3 Å². The zero-order valence-electron chi connectivity index (χ0n) is 10.9. The first kappa shape index (κ1) is 13.6. The lowest BCUT2D eigenvalue weighted by molar-refractivity contribution is -0.121. The van der Waals surface area contributed by atoms with E-state index in [1.807, 2.05) is 12.1 Å². The van der Waals surface area contributed by atoms with Crippen LogP contribution in [0.1, 0.15) is 48.0 Å². The van der Waals surface area contributed by atoms with Gasteiger partial charge in [0.1, 0.15) is 0 Å². The van der Waals surface area contributed by atoms with E-state index < -0.39 is 5.97 Å². The number of carboxylic acids is 1. The number of benzene rings is 1. The summed E-state index contributed by atoms with van der Waals surface area (Å²) in [7, 11) is 0. The van der Waals surface area contributed by atoms with Gasteiger partial charge >= 0.3 is 5.97 Å². The Morgan fingerprint density at radius 1 is 1.32 bits per heavy atom. The van der Waals surface area contributed by atoms with Crippen LogP contribution in [0.4, 0.5) is 0 Å². The summed E-state index contributed by atoms with van der Waals surface area (Å²) in [5, 5.41) is 12.1. The van der Waals surface area contributed by atoms with Gasteiger partial charge in [0, 0.05) is 12.5 Å². The van der Waals surface area contributed by atoms with Crippen LogP contribution in [0.25, 0.3) is 0 Å². The van der Waals surface area contributed by atoms with E-state index in [9.17, 15) is 9.59 Å². The number of aryl methyl sites for hydroxylation is 1. The summed E-state index contributed by atoms with van der Waals surface area (Å²) in [4.78, 5) is 22.6. The number of rotatable bonds is 4. The van der Waals surface area contributed by atoms with Gasteiger partial charge in [-0.15, -0.1) is 0 Å². The van der Waals surface area contributed by atoms with Gasteiger partial charge in [-0.25, -0.2) is 4.79 Å². The van der Waals surface area contributed by atoms with Crippen LogP contribution in [-0.2, 0) is 11.2 Å². The van der Waals surface area contributed by atoms with Crippen LogP contribution in [0, 0.1) is 0 Å². The molecule has 19 heavy (non-hydrogen) atoms. The van der Waals surface area contributed by atoms with Crippen molar-refractivity contribution in [1.82, 2.24) is 5.32 Å². The molecule has 0 spiro atoms. The van der Waals surface area contributed by atoms with Crippen LogP contribution < -0.4 is 5.32 Å². The van der Waals surface area contributed by atoms with Gasteiger partial charge in [0.05, 0.1) is 5.56 Å². The first-order valence-corrected chi connectivity index (χ1v) is 6.77. The third-order valence-corrected chi connectivity index (χ3v) is 3.58. The Labute approximate surface area is 112 Å². The number of hydrogen-bond donors (Lipinski definition) is 2. The fourth-order valence-electron chi connectivity index (χ4n) is 2.54. The Hall–Kier alpha value is -1.84. The van der Waals surface area contributed by atoms with Gasteiger partial charge < -0.3 is 10.4 Å². The molecule has 2 N–H and O–H groups in total. The predicted molar refractivity (Wildman–Crippen MR) is 72.1 cm³/mol. The van der Waals surface area contributed by atoms with E-state index in [2.05, 4.69) is 5.32 Å². The highest BCUT2D eigenvalue weighted by Gasteiger charge is 2.17. The fourth-order valence-corrected chi connectivity index (χ4v) is 2.54. The molecule has 1 fully saturated rings. The predicted octanol–water partition coefficient (Wildman–Crippen LogP) is 2.38. The molecule has 1 aromatic rings. The Morgan fingerprint density at radius 3 is 2.89 bits per heavy atom. The van der Waals surface area contributed by atoms with Gasteiger partial charge in [0.25, 0.3) is 0 Å². The lowest BCUT2D eigenvalue weighted by Crippen LogP contribution is -2.33. The minimum Gasteiger partial charge on any atom is -0.478 e. The van der Waals surface area contributed by atoms with E-state index in [0.29, 0.717) is 18.4 Å². The molecule has 4 heteroatoms. The molecule has 0 bridgehead atoms. The summed E-state index contributed by atoms with van der Waals surface area (Å²) in [6, 6.07) is 7.25. The van der Waals surface area contributed by atoms with Crippen molar-refractivity contribution in [3.63, 3.8) is 0 Å². The van der Waals surface area contributed by atoms with Gasteiger partial charge in [-0.3, -0.25) is 4.79 Å². The molecule has 0 saturated carbocycles. The van der Waals surface area contributed by atoms with Crippen LogP contribution in [0.5, 0.6) is 0 Å². The van der Waals surface area contributed by atoms with Crippen molar-refractivity contribution in [3.8, 4) is 0 Å². The monoisotopic (exact) mass is 261 g/mol. The van der Waals surface area contributed by atoms with Crippen molar-refractivity contribution in [3.05, 3.63) is 35.4 Å². The molecule has 0 aliphatic carbocycles. The molecule has 1 atom stereocenters. The Balaban J connectivity index is 1.98. The Morgan fingerprint density at radius 2 is 2.11 bits per heavy atom. The molecule has 102 valence electrons. The minimum absolute atomic E-state index is 0.119. The molecule has 1 saturated heterocycles. The van der Waals surface area contributed by atoms with Crippen LogP contribution in [-0.4, -0.2) is 23.0 Å². The van der Waals surface area contributed by atoms with Crippen molar-refractivity contribution >= 4 is 11.9 Å². The molecule has 1 amide bonds. The van der Waals surface area contributed by atoms with Crippen molar-refractivity contribution in [2.24, 2.45) is 0 Å². The van der Waals surface area contributed by atoms with Gasteiger partial charge in [-0.2, -0.15) is 0 Å². The van der Waals surface area contributed by atoms with E-state index in [0.717, 1.165) is 31.2 Å². The Kier molecular flexibility index (Phi) is 4.55. The zero-order chi connectivity index (χ0) is 13.7. The molecular weight excluding hydrogens is 242 g/mol. The molecule has 1 aromatic carbocycles. The van der Waals surface area contributed by atoms with Crippen LogP contribution in [0.2, 0.25) is 0 Å². The maximum absolute atomic E-state index is 11.5. The van der Waals surface area contributed by atoms with E-state index in [4.69, 9.17) is 5.11 Å². The van der Waals surface area contributed by atoms with Crippen LogP contribution in [0.15, 0.2) is 24.3 Å². The molecule has 0 radical (unpaired) electrons. The number of aromatic carboxylic acids is 1. The van der Waals surface area contributed by atoms with Gasteiger partial charge in [0.2, 0.25) is 5.91 Å². The van der Waals surface area contributed by atoms with E-state index in [1.54, 1.807) is 12.1 Å². The molecule has 0 aromatic heterocycles. The third kappa shape index (κ3) is 3.81. The highest BCUT2D eigenvalue weighted by atomic mass is 16.4. The summed E-state index contributed by atoms with van der Waals surface area (Å²) < 4.78 is 0. The topological polar surface area (TPSA) is 66.4 Å². The highest BCUT2D eigenvalue weighted by Crippen LogP contribution is 2.16. The molecule has 1 unspecified atom stereocenters. The average Bonchev–Trinajstić information content (AvgIpc) is 2.61. The van der Waals surface area contributed by atoms with Crippen molar-refractivity contribution in [1.29, 1.82) is 0 Å². The zero-order valence-corrected chi connectivity index (χ0v) is 10.9. The summed E-state index contributed by atoms with van der Waals surface area (Å²) in [6.45, 7) is 0. The van der Waals surface area contributed by atoms with E-state index in [-0.39, 0.29) is 11.9 Å². The first-order valence-electron chi connectivity index (χ1n) is 6.77. The molecule has 2 rings (SSSR count). The number of carbonyl (C=O) groups excluding carboxylic acids is 1. The molecule has 4 nitrogen and oxygen atoms in total. The summed E-state index contributed by atoms with van der Waals surface area (Å²) in [5.74, 6) is -0.769. The van der Waals surface area contributed by atoms with E-state index >= 15 is 0 Å². The van der Waals surface area contributed by atoms with Crippen molar-refractivity contribution in [2.75, 3.05) is 0 Å². The lowest BCUT2D eigenvalue weighted by atomic mass is 9.98.